The number of Topliss-reactive ketones (excluding diaryl/α,β-unsaturated/α-hetero) is 1. The second-order valence-corrected chi connectivity index (χ2v) is 7.62. The highest BCUT2D eigenvalue weighted by Crippen LogP contribution is 2.28. The second-order valence-electron chi connectivity index (χ2n) is 7.62. The molecule has 1 atom stereocenters. The van der Waals surface area contributed by atoms with Gasteiger partial charge in [0.1, 0.15) is 0 Å². The van der Waals surface area contributed by atoms with E-state index in [1.54, 1.807) is 0 Å². The lowest BCUT2D eigenvalue weighted by Crippen LogP contribution is -2.51. The molecule has 0 aromatic rings. The zero-order valence-corrected chi connectivity index (χ0v) is 13.2. The molecule has 0 unspecified atom stereocenters. The van der Waals surface area contributed by atoms with Crippen molar-refractivity contribution in [3.63, 3.8) is 0 Å². The number of likely N-dealkylation sites (N-methyl/N-ethyl adjacent to an activating group) is 1. The van der Waals surface area contributed by atoms with Crippen molar-refractivity contribution in [1.29, 1.82) is 0 Å². The van der Waals surface area contributed by atoms with E-state index in [2.05, 4.69) is 53.5 Å². The Morgan fingerprint density at radius 2 is 1.47 bits per heavy atom. The molecule has 0 saturated carbocycles. The molecule has 2 heteroatoms. The molecular weight excluding hydrogens is 210 g/mol. The van der Waals surface area contributed by atoms with Gasteiger partial charge >= 0.3 is 0 Å². The first kappa shape index (κ1) is 16.6. The van der Waals surface area contributed by atoms with Gasteiger partial charge in [-0.1, -0.05) is 34.6 Å². The van der Waals surface area contributed by atoms with Gasteiger partial charge in [0.25, 0.3) is 0 Å². The Hall–Kier alpha value is -0.370. The first-order valence-electron chi connectivity index (χ1n) is 6.63. The summed E-state index contributed by atoms with van der Waals surface area (Å²) in [4.78, 5) is 14.6. The summed E-state index contributed by atoms with van der Waals surface area (Å²) in [5, 5.41) is 0. The molecule has 0 aliphatic carbocycles. The van der Waals surface area contributed by atoms with Gasteiger partial charge in [-0.15, -0.1) is 0 Å². The number of hydrogen-bond acceptors (Lipinski definition) is 2. The molecule has 0 aliphatic rings. The van der Waals surface area contributed by atoms with E-state index in [1.807, 2.05) is 13.8 Å². The molecule has 0 spiro atoms. The number of carbonyl (C=O) groups is 1. The Morgan fingerprint density at radius 1 is 1.06 bits per heavy atom. The van der Waals surface area contributed by atoms with Gasteiger partial charge in [0.05, 0.1) is 6.04 Å². The van der Waals surface area contributed by atoms with Crippen LogP contribution >= 0.6 is 0 Å². The summed E-state index contributed by atoms with van der Waals surface area (Å²) in [6.07, 6.45) is 0.914. The third-order valence-electron chi connectivity index (χ3n) is 3.23. The second kappa shape index (κ2) is 5.51. The molecule has 0 radical (unpaired) electrons. The topological polar surface area (TPSA) is 20.3 Å². The lowest BCUT2D eigenvalue weighted by molar-refractivity contribution is -0.129. The third kappa shape index (κ3) is 5.67. The fourth-order valence-electron chi connectivity index (χ4n) is 1.86. The van der Waals surface area contributed by atoms with Crippen molar-refractivity contribution in [2.45, 2.75) is 73.4 Å². The van der Waals surface area contributed by atoms with E-state index < -0.39 is 0 Å². The van der Waals surface area contributed by atoms with Gasteiger partial charge in [-0.3, -0.25) is 9.69 Å². The average Bonchev–Trinajstić information content (AvgIpc) is 2.08. The quantitative estimate of drug-likeness (QED) is 0.747. The normalized spacial score (nSPS) is 15.5. The Bertz CT molecular complexity index is 255. The Morgan fingerprint density at radius 3 is 1.71 bits per heavy atom. The van der Waals surface area contributed by atoms with Crippen LogP contribution in [0.5, 0.6) is 0 Å². The van der Waals surface area contributed by atoms with Gasteiger partial charge in [0, 0.05) is 11.5 Å². The molecule has 0 heterocycles. The van der Waals surface area contributed by atoms with E-state index in [1.165, 1.54) is 0 Å². The maximum absolute atomic E-state index is 12.4. The predicted molar refractivity (Wildman–Crippen MR) is 75.2 cm³/mol. The van der Waals surface area contributed by atoms with Gasteiger partial charge in [-0.05, 0) is 39.7 Å². The zero-order valence-electron chi connectivity index (χ0n) is 13.2. The number of hydrogen-bond donors (Lipinski definition) is 0. The first-order chi connectivity index (χ1) is 7.36. The summed E-state index contributed by atoms with van der Waals surface area (Å²) in [5.74, 6) is 0.462. The minimum absolute atomic E-state index is 0.0231. The van der Waals surface area contributed by atoms with Crippen molar-refractivity contribution in [2.24, 2.45) is 11.3 Å². The molecular formula is C15H31NO. The van der Waals surface area contributed by atoms with Crippen LogP contribution in [0.1, 0.15) is 61.8 Å². The summed E-state index contributed by atoms with van der Waals surface area (Å²) < 4.78 is 0. The smallest absolute Gasteiger partial charge is 0.152 e. The maximum Gasteiger partial charge on any atom is 0.152 e. The van der Waals surface area contributed by atoms with E-state index in [0.717, 1.165) is 6.42 Å². The highest BCUT2D eigenvalue weighted by molar-refractivity contribution is 5.85. The van der Waals surface area contributed by atoms with Crippen LogP contribution in [0.15, 0.2) is 0 Å². The van der Waals surface area contributed by atoms with Crippen molar-refractivity contribution < 1.29 is 4.79 Å². The van der Waals surface area contributed by atoms with Crippen LogP contribution in [-0.4, -0.2) is 29.3 Å². The molecule has 0 aliphatic heterocycles. The molecule has 2 nitrogen and oxygen atoms in total. The van der Waals surface area contributed by atoms with E-state index >= 15 is 0 Å². The van der Waals surface area contributed by atoms with Crippen LogP contribution in [0.3, 0.4) is 0 Å². The number of ketones is 1. The summed E-state index contributed by atoms with van der Waals surface area (Å²) >= 11 is 0. The standard InChI is InChI=1S/C15H31NO/c1-11(2)13(17)12(10-14(3,4)5)16(9)15(6,7)8/h11-12H,10H2,1-9H3/t12-/m0/s1. The van der Waals surface area contributed by atoms with Crippen molar-refractivity contribution in [3.8, 4) is 0 Å². The summed E-state index contributed by atoms with van der Waals surface area (Å²) in [6.45, 7) is 17.1. The third-order valence-corrected chi connectivity index (χ3v) is 3.23. The van der Waals surface area contributed by atoms with Crippen molar-refractivity contribution in [2.75, 3.05) is 7.05 Å². The van der Waals surface area contributed by atoms with Gasteiger partial charge in [-0.2, -0.15) is 0 Å². The molecule has 0 saturated heterocycles. The molecule has 0 aromatic carbocycles. The van der Waals surface area contributed by atoms with Crippen molar-refractivity contribution in [1.82, 2.24) is 4.90 Å². The Labute approximate surface area is 108 Å². The van der Waals surface area contributed by atoms with Crippen LogP contribution in [0.25, 0.3) is 0 Å². The molecule has 0 aromatic heterocycles. The van der Waals surface area contributed by atoms with Crippen LogP contribution in [-0.2, 0) is 4.79 Å². The maximum atomic E-state index is 12.4. The molecule has 0 N–H and O–H groups in total. The van der Waals surface area contributed by atoms with E-state index in [4.69, 9.17) is 0 Å². The summed E-state index contributed by atoms with van der Waals surface area (Å²) in [5.41, 5.74) is 0.204. The monoisotopic (exact) mass is 241 g/mol. The van der Waals surface area contributed by atoms with E-state index in [9.17, 15) is 4.79 Å². The molecule has 0 bridgehead atoms. The minimum Gasteiger partial charge on any atom is -0.298 e. The van der Waals surface area contributed by atoms with Crippen LogP contribution < -0.4 is 0 Å². The average molecular weight is 241 g/mol. The molecule has 0 rings (SSSR count). The largest absolute Gasteiger partial charge is 0.298 e. The summed E-state index contributed by atoms with van der Waals surface area (Å²) in [7, 11) is 2.07. The Kier molecular flexibility index (Phi) is 5.39. The molecule has 102 valence electrons. The number of nitrogens with zero attached hydrogens (tertiary/aromatic N) is 1. The summed E-state index contributed by atoms with van der Waals surface area (Å²) in [6, 6.07) is 0.0231. The van der Waals surface area contributed by atoms with Crippen LogP contribution in [0.2, 0.25) is 0 Å². The fourth-order valence-corrected chi connectivity index (χ4v) is 1.86. The predicted octanol–water partition coefficient (Wildman–Crippen LogP) is 3.75. The highest BCUT2D eigenvalue weighted by Gasteiger charge is 2.34. The van der Waals surface area contributed by atoms with Gasteiger partial charge in [-0.25, -0.2) is 0 Å². The zero-order chi connectivity index (χ0) is 14.0. The lowest BCUT2D eigenvalue weighted by atomic mass is 9.82. The first-order valence-corrected chi connectivity index (χ1v) is 6.63. The van der Waals surface area contributed by atoms with Crippen LogP contribution in [0.4, 0.5) is 0 Å². The number of carbonyl (C=O) groups excluding carboxylic acids is 1. The molecule has 0 amide bonds. The molecule has 17 heavy (non-hydrogen) atoms. The Balaban J connectivity index is 5.06. The van der Waals surface area contributed by atoms with E-state index in [-0.39, 0.29) is 22.9 Å². The lowest BCUT2D eigenvalue weighted by Gasteiger charge is -2.41. The van der Waals surface area contributed by atoms with E-state index in [0.29, 0.717) is 5.78 Å². The van der Waals surface area contributed by atoms with Crippen molar-refractivity contribution in [3.05, 3.63) is 0 Å². The SMILES string of the molecule is CC(C)C(=O)[C@H](CC(C)(C)C)N(C)C(C)(C)C. The minimum atomic E-state index is 0.0231. The van der Waals surface area contributed by atoms with Gasteiger partial charge in [0.15, 0.2) is 5.78 Å². The van der Waals surface area contributed by atoms with Crippen LogP contribution in [0, 0.1) is 11.3 Å². The fraction of sp³-hybridized carbons (Fsp3) is 0.933. The van der Waals surface area contributed by atoms with Gasteiger partial charge < -0.3 is 0 Å². The van der Waals surface area contributed by atoms with Gasteiger partial charge in [0.2, 0.25) is 0 Å². The highest BCUT2D eigenvalue weighted by atomic mass is 16.1. The number of rotatable bonds is 4. The molecule has 0 fully saturated rings. The van der Waals surface area contributed by atoms with Crippen molar-refractivity contribution >= 4 is 5.78 Å².